The summed E-state index contributed by atoms with van der Waals surface area (Å²) in [4.78, 5) is 30.2. The summed E-state index contributed by atoms with van der Waals surface area (Å²) >= 11 is 1.57. The van der Waals surface area contributed by atoms with Crippen molar-refractivity contribution in [3.63, 3.8) is 0 Å². The molecule has 2 aromatic carbocycles. The van der Waals surface area contributed by atoms with E-state index >= 15 is 0 Å². The number of thiophene rings is 1. The SMILES string of the molecule is COc1ccc(CNC(=O)[C@]2(C)Cn3nc(-c4cccs4)cc3C(=O)N2Cc2ccc(C)cc2)cc1. The number of rotatable bonds is 7. The maximum Gasteiger partial charge on any atom is 0.273 e. The lowest BCUT2D eigenvalue weighted by molar-refractivity contribution is -0.133. The molecule has 2 aromatic heterocycles. The van der Waals surface area contributed by atoms with Gasteiger partial charge in [-0.25, -0.2) is 0 Å². The van der Waals surface area contributed by atoms with Gasteiger partial charge in [-0.3, -0.25) is 14.3 Å². The summed E-state index contributed by atoms with van der Waals surface area (Å²) in [5, 5.41) is 9.72. The molecule has 0 spiro atoms. The fourth-order valence-electron chi connectivity index (χ4n) is 4.43. The molecule has 1 N–H and O–H groups in total. The highest BCUT2D eigenvalue weighted by Crippen LogP contribution is 2.32. The second-order valence-corrected chi connectivity index (χ2v) is 10.2. The number of aromatic nitrogens is 2. The average molecular weight is 501 g/mol. The maximum atomic E-state index is 13.8. The van der Waals surface area contributed by atoms with E-state index in [4.69, 9.17) is 9.84 Å². The molecule has 1 aliphatic rings. The zero-order valence-electron chi connectivity index (χ0n) is 20.5. The first-order valence-corrected chi connectivity index (χ1v) is 12.7. The Morgan fingerprint density at radius 3 is 2.50 bits per heavy atom. The van der Waals surface area contributed by atoms with Crippen molar-refractivity contribution in [1.82, 2.24) is 20.0 Å². The van der Waals surface area contributed by atoms with Gasteiger partial charge in [-0.2, -0.15) is 5.10 Å². The number of carbonyl (C=O) groups is 2. The Labute approximate surface area is 214 Å². The van der Waals surface area contributed by atoms with Crippen LogP contribution in [-0.4, -0.2) is 39.1 Å². The number of nitrogens with one attached hydrogen (secondary N) is 1. The van der Waals surface area contributed by atoms with E-state index in [0.29, 0.717) is 18.8 Å². The van der Waals surface area contributed by atoms with Gasteiger partial charge in [-0.05, 0) is 54.6 Å². The molecule has 1 aliphatic heterocycles. The molecule has 0 radical (unpaired) electrons. The van der Waals surface area contributed by atoms with Gasteiger partial charge < -0.3 is 15.0 Å². The first-order valence-electron chi connectivity index (χ1n) is 11.8. The van der Waals surface area contributed by atoms with E-state index in [-0.39, 0.29) is 18.4 Å². The van der Waals surface area contributed by atoms with Crippen LogP contribution < -0.4 is 10.1 Å². The number of methoxy groups -OCH3 is 1. The summed E-state index contributed by atoms with van der Waals surface area (Å²) in [6.45, 7) is 4.78. The van der Waals surface area contributed by atoms with Gasteiger partial charge in [0.15, 0.2) is 0 Å². The fourth-order valence-corrected chi connectivity index (χ4v) is 5.11. The molecule has 3 heterocycles. The predicted octanol–water partition coefficient (Wildman–Crippen LogP) is 4.66. The highest BCUT2D eigenvalue weighted by Gasteiger charge is 2.48. The van der Waals surface area contributed by atoms with Gasteiger partial charge in [0.2, 0.25) is 5.91 Å². The minimum Gasteiger partial charge on any atom is -0.497 e. The van der Waals surface area contributed by atoms with Crippen molar-refractivity contribution >= 4 is 23.2 Å². The number of fused-ring (bicyclic) bond motifs is 1. The lowest BCUT2D eigenvalue weighted by Gasteiger charge is -2.43. The lowest BCUT2D eigenvalue weighted by atomic mass is 9.94. The second-order valence-electron chi connectivity index (χ2n) is 9.23. The summed E-state index contributed by atoms with van der Waals surface area (Å²) < 4.78 is 6.89. The summed E-state index contributed by atoms with van der Waals surface area (Å²) in [6, 6.07) is 21.3. The third-order valence-corrected chi connectivity index (χ3v) is 7.53. The summed E-state index contributed by atoms with van der Waals surface area (Å²) in [7, 11) is 1.62. The molecule has 0 saturated carbocycles. The molecular weight excluding hydrogens is 472 g/mol. The molecule has 36 heavy (non-hydrogen) atoms. The van der Waals surface area contributed by atoms with Crippen molar-refractivity contribution in [3.8, 4) is 16.3 Å². The van der Waals surface area contributed by atoms with Crippen LogP contribution in [-0.2, 0) is 24.4 Å². The molecular formula is C28H28N4O3S. The van der Waals surface area contributed by atoms with Crippen LogP contribution in [0.2, 0.25) is 0 Å². The topological polar surface area (TPSA) is 76.5 Å². The van der Waals surface area contributed by atoms with Gasteiger partial charge in [-0.1, -0.05) is 48.0 Å². The Balaban J connectivity index is 1.46. The Morgan fingerprint density at radius 1 is 1.11 bits per heavy atom. The van der Waals surface area contributed by atoms with Gasteiger partial charge in [-0.15, -0.1) is 11.3 Å². The Bertz CT molecular complexity index is 1380. The minimum absolute atomic E-state index is 0.209. The van der Waals surface area contributed by atoms with E-state index in [0.717, 1.165) is 33.0 Å². The Kier molecular flexibility index (Phi) is 6.36. The molecule has 0 bridgehead atoms. The minimum atomic E-state index is -1.12. The first kappa shape index (κ1) is 23.8. The van der Waals surface area contributed by atoms with Crippen molar-refractivity contribution in [2.45, 2.75) is 39.0 Å². The molecule has 1 atom stereocenters. The fraction of sp³-hybridized carbons (Fsp3) is 0.250. The number of nitrogens with zero attached hydrogens (tertiary/aromatic N) is 3. The van der Waals surface area contributed by atoms with Crippen molar-refractivity contribution in [3.05, 3.63) is 94.5 Å². The van der Waals surface area contributed by atoms with Crippen LogP contribution in [0.1, 0.15) is 34.1 Å². The van der Waals surface area contributed by atoms with Crippen molar-refractivity contribution in [2.75, 3.05) is 7.11 Å². The molecule has 5 rings (SSSR count). The van der Waals surface area contributed by atoms with Crippen LogP contribution >= 0.6 is 11.3 Å². The van der Waals surface area contributed by atoms with E-state index in [9.17, 15) is 9.59 Å². The summed E-state index contributed by atoms with van der Waals surface area (Å²) in [5.74, 6) is 0.323. The average Bonchev–Trinajstić information content (AvgIpc) is 3.57. The van der Waals surface area contributed by atoms with Crippen molar-refractivity contribution < 1.29 is 14.3 Å². The van der Waals surface area contributed by atoms with Gasteiger partial charge >= 0.3 is 0 Å². The van der Waals surface area contributed by atoms with Crippen LogP contribution in [0.5, 0.6) is 5.75 Å². The van der Waals surface area contributed by atoms with Gasteiger partial charge in [0.05, 0.1) is 18.5 Å². The molecule has 0 unspecified atom stereocenters. The van der Waals surface area contributed by atoms with Gasteiger partial charge in [0, 0.05) is 13.1 Å². The number of aryl methyl sites for hydroxylation is 1. The highest BCUT2D eigenvalue weighted by atomic mass is 32.1. The van der Waals surface area contributed by atoms with E-state index in [1.807, 2.05) is 86.0 Å². The number of amides is 2. The number of ether oxygens (including phenoxy) is 1. The van der Waals surface area contributed by atoms with E-state index in [1.165, 1.54) is 0 Å². The van der Waals surface area contributed by atoms with Crippen LogP contribution in [0.4, 0.5) is 0 Å². The predicted molar refractivity (Wildman–Crippen MR) is 140 cm³/mol. The van der Waals surface area contributed by atoms with Gasteiger partial charge in [0.25, 0.3) is 5.91 Å². The van der Waals surface area contributed by atoms with Crippen molar-refractivity contribution in [1.29, 1.82) is 0 Å². The summed E-state index contributed by atoms with van der Waals surface area (Å²) in [5.41, 5.74) is 3.16. The normalized spacial score (nSPS) is 17.1. The molecule has 7 nitrogen and oxygen atoms in total. The van der Waals surface area contributed by atoms with E-state index < -0.39 is 5.54 Å². The molecule has 0 fully saturated rings. The smallest absolute Gasteiger partial charge is 0.273 e. The molecule has 4 aromatic rings. The third-order valence-electron chi connectivity index (χ3n) is 6.63. The van der Waals surface area contributed by atoms with E-state index in [2.05, 4.69) is 5.32 Å². The second kappa shape index (κ2) is 9.62. The zero-order chi connectivity index (χ0) is 25.3. The van der Waals surface area contributed by atoms with Crippen LogP contribution in [0.25, 0.3) is 10.6 Å². The Morgan fingerprint density at radius 2 is 1.83 bits per heavy atom. The number of carbonyl (C=O) groups excluding carboxylic acids is 2. The first-order chi connectivity index (χ1) is 17.4. The van der Waals surface area contributed by atoms with Crippen LogP contribution in [0, 0.1) is 6.92 Å². The maximum absolute atomic E-state index is 13.8. The molecule has 8 heteroatoms. The third kappa shape index (κ3) is 4.52. The van der Waals surface area contributed by atoms with Crippen LogP contribution in [0.15, 0.2) is 72.1 Å². The largest absolute Gasteiger partial charge is 0.497 e. The van der Waals surface area contributed by atoms with Crippen molar-refractivity contribution in [2.24, 2.45) is 0 Å². The Hall–Kier alpha value is -3.91. The summed E-state index contributed by atoms with van der Waals surface area (Å²) in [6.07, 6.45) is 0. The quantitative estimate of drug-likeness (QED) is 0.401. The van der Waals surface area contributed by atoms with Crippen LogP contribution in [0.3, 0.4) is 0 Å². The molecule has 2 amide bonds. The monoisotopic (exact) mass is 500 g/mol. The van der Waals surface area contributed by atoms with Gasteiger partial charge in [0.1, 0.15) is 22.7 Å². The van der Waals surface area contributed by atoms with E-state index in [1.54, 1.807) is 28.0 Å². The molecule has 184 valence electrons. The zero-order valence-corrected chi connectivity index (χ0v) is 21.3. The highest BCUT2D eigenvalue weighted by molar-refractivity contribution is 7.13. The lowest BCUT2D eigenvalue weighted by Crippen LogP contribution is -2.63. The molecule has 0 aliphatic carbocycles. The number of hydrogen-bond acceptors (Lipinski definition) is 5. The molecule has 0 saturated heterocycles. The number of benzene rings is 2. The standard InChI is InChI=1S/C28H28N4O3S/c1-19-6-8-21(9-7-19)17-31-26(33)24-15-23(25-5-4-14-36-25)30-32(24)18-28(31,2)27(34)29-16-20-10-12-22(35-3)13-11-20/h4-15H,16-18H2,1-3H3,(H,29,34)/t28-/m0/s1. The number of hydrogen-bond donors (Lipinski definition) is 1.